The number of hydrogen-bond acceptors (Lipinski definition) is 4. The zero-order valence-electron chi connectivity index (χ0n) is 11.1. The average molecular weight is 298 g/mol. The number of halogens is 1. The van der Waals surface area contributed by atoms with Gasteiger partial charge >= 0.3 is 0 Å². The fourth-order valence-electron chi connectivity index (χ4n) is 2.05. The van der Waals surface area contributed by atoms with Crippen LogP contribution in [0.15, 0.2) is 18.5 Å². The SMILES string of the molecule is CCNC(=O)C1COCCN1C(=O)c1cnccc1Cl. The second kappa shape index (κ2) is 6.67. The predicted octanol–water partition coefficient (Wildman–Crippen LogP) is 0.712. The molecule has 20 heavy (non-hydrogen) atoms. The lowest BCUT2D eigenvalue weighted by Gasteiger charge is -2.34. The number of pyridine rings is 1. The third kappa shape index (κ3) is 3.08. The van der Waals surface area contributed by atoms with Crippen LogP contribution in [-0.4, -0.2) is 54.0 Å². The molecule has 0 spiro atoms. The van der Waals surface area contributed by atoms with Crippen LogP contribution in [0.2, 0.25) is 5.02 Å². The first-order chi connectivity index (χ1) is 9.65. The summed E-state index contributed by atoms with van der Waals surface area (Å²) in [4.78, 5) is 29.9. The van der Waals surface area contributed by atoms with E-state index in [0.29, 0.717) is 30.3 Å². The van der Waals surface area contributed by atoms with Crippen molar-refractivity contribution in [1.82, 2.24) is 15.2 Å². The van der Waals surface area contributed by atoms with Crippen LogP contribution in [-0.2, 0) is 9.53 Å². The van der Waals surface area contributed by atoms with E-state index in [1.54, 1.807) is 6.07 Å². The summed E-state index contributed by atoms with van der Waals surface area (Å²) in [5, 5.41) is 3.03. The minimum absolute atomic E-state index is 0.190. The van der Waals surface area contributed by atoms with Gasteiger partial charge in [-0.2, -0.15) is 0 Å². The van der Waals surface area contributed by atoms with Gasteiger partial charge in [0.25, 0.3) is 5.91 Å². The van der Waals surface area contributed by atoms with Crippen molar-refractivity contribution in [3.63, 3.8) is 0 Å². The Morgan fingerprint density at radius 2 is 2.40 bits per heavy atom. The highest BCUT2D eigenvalue weighted by atomic mass is 35.5. The van der Waals surface area contributed by atoms with E-state index in [9.17, 15) is 9.59 Å². The molecule has 0 saturated carbocycles. The third-order valence-corrected chi connectivity index (χ3v) is 3.37. The van der Waals surface area contributed by atoms with Gasteiger partial charge in [0.2, 0.25) is 5.91 Å². The number of ether oxygens (including phenoxy) is 1. The van der Waals surface area contributed by atoms with Crippen LogP contribution in [0.4, 0.5) is 0 Å². The Balaban J connectivity index is 2.22. The Bertz CT molecular complexity index is 509. The second-order valence-electron chi connectivity index (χ2n) is 4.34. The molecule has 2 heterocycles. The molecule has 1 N–H and O–H groups in total. The minimum atomic E-state index is -0.632. The van der Waals surface area contributed by atoms with E-state index >= 15 is 0 Å². The maximum Gasteiger partial charge on any atom is 0.257 e. The van der Waals surface area contributed by atoms with Gasteiger partial charge in [-0.1, -0.05) is 11.6 Å². The quantitative estimate of drug-likeness (QED) is 0.892. The van der Waals surface area contributed by atoms with Gasteiger partial charge in [-0.15, -0.1) is 0 Å². The molecule has 108 valence electrons. The molecule has 1 fully saturated rings. The fraction of sp³-hybridized carbons (Fsp3) is 0.462. The van der Waals surface area contributed by atoms with Gasteiger partial charge in [0.1, 0.15) is 6.04 Å². The number of likely N-dealkylation sites (N-methyl/N-ethyl adjacent to an activating group) is 1. The first-order valence-corrected chi connectivity index (χ1v) is 6.79. The summed E-state index contributed by atoms with van der Waals surface area (Å²) in [7, 11) is 0. The molecule has 0 aliphatic carbocycles. The van der Waals surface area contributed by atoms with Crippen molar-refractivity contribution in [2.75, 3.05) is 26.3 Å². The molecule has 6 nitrogen and oxygen atoms in total. The summed E-state index contributed by atoms with van der Waals surface area (Å²) in [6, 6.07) is 0.920. The lowest BCUT2D eigenvalue weighted by atomic mass is 10.1. The average Bonchev–Trinajstić information content (AvgIpc) is 2.47. The summed E-state index contributed by atoms with van der Waals surface area (Å²) in [6.07, 6.45) is 2.93. The van der Waals surface area contributed by atoms with Gasteiger partial charge in [-0.25, -0.2) is 0 Å². The highest BCUT2D eigenvalue weighted by molar-refractivity contribution is 6.33. The molecule has 1 unspecified atom stereocenters. The molecule has 2 rings (SSSR count). The normalized spacial score (nSPS) is 18.7. The number of nitrogens with zero attached hydrogens (tertiary/aromatic N) is 2. The van der Waals surface area contributed by atoms with E-state index in [-0.39, 0.29) is 18.4 Å². The van der Waals surface area contributed by atoms with Gasteiger partial charge in [-0.3, -0.25) is 14.6 Å². The Kier molecular flexibility index (Phi) is 4.92. The number of hydrogen-bond donors (Lipinski definition) is 1. The lowest BCUT2D eigenvalue weighted by molar-refractivity contribution is -0.130. The van der Waals surface area contributed by atoms with Gasteiger partial charge in [0.15, 0.2) is 0 Å². The number of morpholine rings is 1. The van der Waals surface area contributed by atoms with Crippen molar-refractivity contribution in [3.8, 4) is 0 Å². The Morgan fingerprint density at radius 3 is 3.10 bits per heavy atom. The number of rotatable bonds is 3. The number of amides is 2. The molecule has 1 aromatic rings. The number of carbonyl (C=O) groups is 2. The Labute approximate surface area is 122 Å². The number of aromatic nitrogens is 1. The number of nitrogens with one attached hydrogen (secondary N) is 1. The van der Waals surface area contributed by atoms with Crippen molar-refractivity contribution in [3.05, 3.63) is 29.0 Å². The predicted molar refractivity (Wildman–Crippen MR) is 73.6 cm³/mol. The topological polar surface area (TPSA) is 71.5 Å². The molecular weight excluding hydrogens is 282 g/mol. The molecule has 7 heteroatoms. The third-order valence-electron chi connectivity index (χ3n) is 3.04. The summed E-state index contributed by atoms with van der Waals surface area (Å²) in [6.45, 7) is 3.28. The van der Waals surface area contributed by atoms with Crippen LogP contribution in [0.25, 0.3) is 0 Å². The van der Waals surface area contributed by atoms with Crippen molar-refractivity contribution < 1.29 is 14.3 Å². The summed E-state index contributed by atoms with van der Waals surface area (Å²) in [5.74, 6) is -0.525. The fourth-order valence-corrected chi connectivity index (χ4v) is 2.23. The van der Waals surface area contributed by atoms with E-state index in [1.807, 2.05) is 6.92 Å². The van der Waals surface area contributed by atoms with Crippen molar-refractivity contribution in [2.45, 2.75) is 13.0 Å². The van der Waals surface area contributed by atoms with Gasteiger partial charge < -0.3 is 15.0 Å². The van der Waals surface area contributed by atoms with Gasteiger partial charge in [0.05, 0.1) is 23.8 Å². The van der Waals surface area contributed by atoms with Crippen LogP contribution < -0.4 is 5.32 Å². The van der Waals surface area contributed by atoms with E-state index in [2.05, 4.69) is 10.3 Å². The molecule has 0 radical (unpaired) electrons. The molecule has 1 saturated heterocycles. The highest BCUT2D eigenvalue weighted by Gasteiger charge is 2.33. The number of carbonyl (C=O) groups excluding carboxylic acids is 2. The molecule has 1 aliphatic heterocycles. The van der Waals surface area contributed by atoms with Crippen LogP contribution >= 0.6 is 11.6 Å². The zero-order chi connectivity index (χ0) is 14.5. The zero-order valence-corrected chi connectivity index (χ0v) is 11.9. The molecular formula is C13H16ClN3O3. The van der Waals surface area contributed by atoms with Crippen LogP contribution in [0, 0.1) is 0 Å². The van der Waals surface area contributed by atoms with Crippen molar-refractivity contribution in [1.29, 1.82) is 0 Å². The molecule has 1 aromatic heterocycles. The summed E-state index contributed by atoms with van der Waals surface area (Å²) in [5.41, 5.74) is 0.297. The van der Waals surface area contributed by atoms with E-state index in [4.69, 9.17) is 16.3 Å². The first-order valence-electron chi connectivity index (χ1n) is 6.41. The summed E-state index contributed by atoms with van der Waals surface area (Å²) < 4.78 is 5.29. The maximum absolute atomic E-state index is 12.5. The van der Waals surface area contributed by atoms with Crippen molar-refractivity contribution in [2.24, 2.45) is 0 Å². The molecule has 1 atom stereocenters. The highest BCUT2D eigenvalue weighted by Crippen LogP contribution is 2.19. The first kappa shape index (κ1) is 14.7. The van der Waals surface area contributed by atoms with Crippen LogP contribution in [0.1, 0.15) is 17.3 Å². The van der Waals surface area contributed by atoms with Crippen LogP contribution in [0.3, 0.4) is 0 Å². The lowest BCUT2D eigenvalue weighted by Crippen LogP contribution is -2.55. The van der Waals surface area contributed by atoms with Crippen molar-refractivity contribution >= 4 is 23.4 Å². The largest absolute Gasteiger partial charge is 0.377 e. The van der Waals surface area contributed by atoms with E-state index in [1.165, 1.54) is 17.3 Å². The van der Waals surface area contributed by atoms with Crippen LogP contribution in [0.5, 0.6) is 0 Å². The molecule has 0 bridgehead atoms. The monoisotopic (exact) mass is 297 g/mol. The van der Waals surface area contributed by atoms with E-state index < -0.39 is 6.04 Å². The smallest absolute Gasteiger partial charge is 0.257 e. The maximum atomic E-state index is 12.5. The Morgan fingerprint density at radius 1 is 1.60 bits per heavy atom. The molecule has 2 amide bonds. The second-order valence-corrected chi connectivity index (χ2v) is 4.75. The molecule has 1 aliphatic rings. The van der Waals surface area contributed by atoms with Gasteiger partial charge in [-0.05, 0) is 13.0 Å². The standard InChI is InChI=1S/C13H16ClN3O3/c1-2-16-12(18)11-8-20-6-5-17(11)13(19)9-7-15-4-3-10(9)14/h3-4,7,11H,2,5-6,8H2,1H3,(H,16,18). The minimum Gasteiger partial charge on any atom is -0.377 e. The Hall–Kier alpha value is -1.66. The van der Waals surface area contributed by atoms with E-state index in [0.717, 1.165) is 0 Å². The van der Waals surface area contributed by atoms with Gasteiger partial charge in [0, 0.05) is 25.5 Å². The summed E-state index contributed by atoms with van der Waals surface area (Å²) >= 11 is 6.01. The molecule has 0 aromatic carbocycles.